The second kappa shape index (κ2) is 12.5. The molecule has 0 bridgehead atoms. The van der Waals surface area contributed by atoms with Crippen molar-refractivity contribution in [2.75, 3.05) is 9.80 Å². The summed E-state index contributed by atoms with van der Waals surface area (Å²) in [5.74, 6) is 0.636. The minimum absolute atomic E-state index is 0.190. The van der Waals surface area contributed by atoms with Gasteiger partial charge in [-0.1, -0.05) is 71.9 Å². The van der Waals surface area contributed by atoms with E-state index in [2.05, 4.69) is 168 Å². The van der Waals surface area contributed by atoms with Gasteiger partial charge in [-0.25, -0.2) is 0 Å². The second-order valence-corrected chi connectivity index (χ2v) is 15.3. The van der Waals surface area contributed by atoms with Gasteiger partial charge in [0.15, 0.2) is 0 Å². The largest absolute Gasteiger partial charge is 0.337 e. The molecular weight excluding hydrogens is 605 g/mol. The summed E-state index contributed by atoms with van der Waals surface area (Å²) in [6.07, 6.45) is 18.1. The number of rotatable bonds is 6. The molecule has 0 fully saturated rings. The van der Waals surface area contributed by atoms with Crippen molar-refractivity contribution in [3.8, 4) is 0 Å². The molecule has 4 aromatic carbocycles. The average molecular weight is 655 g/mol. The summed E-state index contributed by atoms with van der Waals surface area (Å²) < 4.78 is 0. The van der Waals surface area contributed by atoms with Gasteiger partial charge < -0.3 is 9.80 Å². The van der Waals surface area contributed by atoms with Gasteiger partial charge in [-0.2, -0.15) is 0 Å². The Labute approximate surface area is 299 Å². The van der Waals surface area contributed by atoms with Crippen molar-refractivity contribution >= 4 is 28.8 Å². The number of aryl methyl sites for hydroxylation is 6. The highest BCUT2D eigenvalue weighted by Crippen LogP contribution is 2.52. The molecule has 3 unspecified atom stereocenters. The van der Waals surface area contributed by atoms with Crippen LogP contribution < -0.4 is 9.80 Å². The molecule has 3 atom stereocenters. The fraction of sp³-hybridized carbons (Fsp3) is 0.292. The maximum absolute atomic E-state index is 2.67. The van der Waals surface area contributed by atoms with Crippen LogP contribution in [0, 0.1) is 41.5 Å². The second-order valence-electron chi connectivity index (χ2n) is 15.3. The van der Waals surface area contributed by atoms with Gasteiger partial charge in [0.25, 0.3) is 0 Å². The molecule has 50 heavy (non-hydrogen) atoms. The van der Waals surface area contributed by atoms with Crippen molar-refractivity contribution in [3.05, 3.63) is 170 Å². The quantitative estimate of drug-likeness (QED) is 0.191. The molecule has 0 amide bonds. The van der Waals surface area contributed by atoms with Crippen LogP contribution in [0.5, 0.6) is 0 Å². The van der Waals surface area contributed by atoms with Crippen LogP contribution in [-0.2, 0) is 0 Å². The Morgan fingerprint density at radius 3 is 1.82 bits per heavy atom. The lowest BCUT2D eigenvalue weighted by atomic mass is 9.69. The van der Waals surface area contributed by atoms with Crippen molar-refractivity contribution in [1.29, 1.82) is 0 Å². The van der Waals surface area contributed by atoms with Crippen LogP contribution in [0.2, 0.25) is 0 Å². The van der Waals surface area contributed by atoms with E-state index in [4.69, 9.17) is 0 Å². The molecule has 4 aliphatic rings. The van der Waals surface area contributed by atoms with E-state index in [1.807, 2.05) is 0 Å². The molecule has 0 saturated carbocycles. The lowest BCUT2D eigenvalue weighted by Gasteiger charge is -2.45. The summed E-state index contributed by atoms with van der Waals surface area (Å²) in [7, 11) is 0. The third kappa shape index (κ3) is 5.41. The van der Waals surface area contributed by atoms with Crippen molar-refractivity contribution in [2.45, 2.75) is 92.5 Å². The molecule has 0 aromatic heterocycles. The molecule has 0 N–H and O–H groups in total. The summed E-state index contributed by atoms with van der Waals surface area (Å²) >= 11 is 0. The third-order valence-corrected chi connectivity index (χ3v) is 12.2. The first-order chi connectivity index (χ1) is 24.1. The predicted molar refractivity (Wildman–Crippen MR) is 215 cm³/mol. The van der Waals surface area contributed by atoms with Crippen LogP contribution in [0.4, 0.5) is 17.1 Å². The van der Waals surface area contributed by atoms with Gasteiger partial charge in [-0.05, 0) is 167 Å². The summed E-state index contributed by atoms with van der Waals surface area (Å²) in [4.78, 5) is 5.19. The zero-order chi connectivity index (χ0) is 34.8. The minimum atomic E-state index is 0.190. The van der Waals surface area contributed by atoms with Crippen molar-refractivity contribution < 1.29 is 0 Å². The van der Waals surface area contributed by atoms with E-state index in [0.717, 1.165) is 19.3 Å². The normalized spacial score (nSPS) is 20.4. The number of anilines is 3. The van der Waals surface area contributed by atoms with E-state index in [1.54, 1.807) is 0 Å². The van der Waals surface area contributed by atoms with Crippen LogP contribution in [0.3, 0.4) is 0 Å². The number of allylic oxidation sites excluding steroid dienone is 6. The van der Waals surface area contributed by atoms with E-state index in [9.17, 15) is 0 Å². The van der Waals surface area contributed by atoms with Crippen LogP contribution in [0.25, 0.3) is 11.8 Å². The molecule has 4 aliphatic carbocycles. The van der Waals surface area contributed by atoms with Crippen molar-refractivity contribution in [2.24, 2.45) is 0 Å². The number of nitrogens with zero attached hydrogens (tertiary/aromatic N) is 2. The fourth-order valence-corrected chi connectivity index (χ4v) is 8.56. The molecule has 4 aromatic rings. The van der Waals surface area contributed by atoms with E-state index in [0.29, 0.717) is 5.92 Å². The van der Waals surface area contributed by atoms with E-state index in [-0.39, 0.29) is 12.0 Å². The molecule has 252 valence electrons. The Bertz CT molecular complexity index is 2150. The van der Waals surface area contributed by atoms with Gasteiger partial charge in [-0.3, -0.25) is 0 Å². The maximum Gasteiger partial charge on any atom is 0.0625 e. The average Bonchev–Trinajstić information content (AvgIpc) is 3.11. The van der Waals surface area contributed by atoms with Crippen molar-refractivity contribution in [1.82, 2.24) is 0 Å². The van der Waals surface area contributed by atoms with Crippen LogP contribution in [0.15, 0.2) is 114 Å². The first kappa shape index (κ1) is 32.4. The molecule has 0 saturated heterocycles. The van der Waals surface area contributed by atoms with Gasteiger partial charge in [0.05, 0.1) is 6.04 Å². The van der Waals surface area contributed by atoms with Gasteiger partial charge in [-0.15, -0.1) is 0 Å². The van der Waals surface area contributed by atoms with Gasteiger partial charge in [0, 0.05) is 45.9 Å². The van der Waals surface area contributed by atoms with Crippen LogP contribution in [-0.4, -0.2) is 6.04 Å². The first-order valence-corrected chi connectivity index (χ1v) is 18.5. The van der Waals surface area contributed by atoms with Gasteiger partial charge in [0.2, 0.25) is 0 Å². The monoisotopic (exact) mass is 654 g/mol. The van der Waals surface area contributed by atoms with E-state index < -0.39 is 0 Å². The fourth-order valence-electron chi connectivity index (χ4n) is 8.56. The maximum atomic E-state index is 2.67. The summed E-state index contributed by atoms with van der Waals surface area (Å²) in [5.41, 5.74) is 23.1. The lowest BCUT2D eigenvalue weighted by molar-refractivity contribution is 0.622. The molecule has 8 rings (SSSR count). The smallest absolute Gasteiger partial charge is 0.0625 e. The molecule has 0 aliphatic heterocycles. The molecular formula is C48H50N2. The number of hydrogen-bond donors (Lipinski definition) is 0. The lowest BCUT2D eigenvalue weighted by Crippen LogP contribution is -2.41. The predicted octanol–water partition coefficient (Wildman–Crippen LogP) is 12.8. The molecule has 0 spiro atoms. The number of hydrogen-bond acceptors (Lipinski definition) is 2. The topological polar surface area (TPSA) is 6.48 Å². The van der Waals surface area contributed by atoms with Crippen LogP contribution >= 0.6 is 0 Å². The Morgan fingerprint density at radius 2 is 1.20 bits per heavy atom. The summed E-state index contributed by atoms with van der Waals surface area (Å²) in [5, 5.41) is 0. The highest BCUT2D eigenvalue weighted by Gasteiger charge is 2.39. The summed E-state index contributed by atoms with van der Waals surface area (Å²) in [6.45, 7) is 17.9. The van der Waals surface area contributed by atoms with E-state index in [1.165, 1.54) is 95.2 Å². The molecule has 0 radical (unpaired) electrons. The Kier molecular flexibility index (Phi) is 8.10. The summed E-state index contributed by atoms with van der Waals surface area (Å²) in [6, 6.07) is 25.9. The third-order valence-electron chi connectivity index (χ3n) is 12.2. The molecule has 2 nitrogen and oxygen atoms in total. The Hall–Kier alpha value is -4.82. The Balaban J connectivity index is 1.28. The van der Waals surface area contributed by atoms with E-state index >= 15 is 0 Å². The Morgan fingerprint density at radius 1 is 0.580 bits per heavy atom. The first-order valence-electron chi connectivity index (χ1n) is 18.5. The molecule has 2 heteroatoms. The zero-order valence-electron chi connectivity index (χ0n) is 31.1. The SMILES string of the molecule is CC1=C(C)CCC(N(c2ccc(C)c(C)c2)C2C=Cc3ccc4c5c3C2C=CC5CC=C4N(c2ccc(C)c(C)c2)c2ccc(C)c(C)c2)=C1. The highest BCUT2D eigenvalue weighted by atomic mass is 15.2. The standard InChI is InChI=1S/C48H50N2/c1-29-9-17-39(25-33(29)5)49(40-18-10-30(2)34(6)26-40)45-23-15-37-14-22-44-46(24-16-38-13-21-43(45)47(37)48(38)44)50(41-19-11-31(3)35(7)27-41)42-20-12-32(4)36(8)28-42/h9-11,13-14,16-19,21-28,37,44,46H,12,15,20H2,1-8H3. The highest BCUT2D eigenvalue weighted by molar-refractivity contribution is 5.92. The minimum Gasteiger partial charge on any atom is -0.337 e. The zero-order valence-corrected chi connectivity index (χ0v) is 31.1. The van der Waals surface area contributed by atoms with Crippen LogP contribution in [0.1, 0.15) is 101 Å². The van der Waals surface area contributed by atoms with Crippen molar-refractivity contribution in [3.63, 3.8) is 0 Å². The van der Waals surface area contributed by atoms with Gasteiger partial charge >= 0.3 is 0 Å². The van der Waals surface area contributed by atoms with Gasteiger partial charge in [0.1, 0.15) is 0 Å². The number of benzene rings is 4. The molecule has 0 heterocycles.